The summed E-state index contributed by atoms with van der Waals surface area (Å²) in [5.74, 6) is -0.0544. The number of carbonyl (C=O) groups excluding carboxylic acids is 1. The van der Waals surface area contributed by atoms with Crippen molar-refractivity contribution in [2.24, 2.45) is 5.92 Å². The first-order chi connectivity index (χ1) is 14.2. The molecular weight excluding hydrogens is 394 g/mol. The lowest BCUT2D eigenvalue weighted by molar-refractivity contribution is -0.143. The van der Waals surface area contributed by atoms with Crippen LogP contribution in [0.25, 0.3) is 0 Å². The highest BCUT2D eigenvalue weighted by Gasteiger charge is 2.47. The largest absolute Gasteiger partial charge is 0.481 e. The molecule has 2 heterocycles. The molecule has 0 aromatic heterocycles. The van der Waals surface area contributed by atoms with E-state index in [-0.39, 0.29) is 18.8 Å². The molecule has 29 heavy (non-hydrogen) atoms. The third kappa shape index (κ3) is 5.43. The summed E-state index contributed by atoms with van der Waals surface area (Å²) in [5.41, 5.74) is 0.906. The van der Waals surface area contributed by atoms with E-state index in [2.05, 4.69) is 6.92 Å². The average Bonchev–Trinajstić information content (AvgIpc) is 3.32. The molecule has 160 valence electrons. The monoisotopic (exact) mass is 423 g/mol. The fraction of sp³-hybridized carbons (Fsp3) is 0.619. The number of fused-ring (bicyclic) bond motifs is 1. The number of aliphatic carboxylic acids is 1. The predicted molar refractivity (Wildman–Crippen MR) is 110 cm³/mol. The van der Waals surface area contributed by atoms with Crippen LogP contribution in [-0.2, 0) is 14.3 Å². The topological polar surface area (TPSA) is 85.3 Å². The van der Waals surface area contributed by atoms with Crippen molar-refractivity contribution in [1.29, 1.82) is 0 Å². The molecule has 2 aliphatic rings. The molecule has 0 aliphatic carbocycles. The SMILES string of the molecule is CCCCCCOCC1[C@H](C(=O)O)C(c2ccc3c(c2)OCO3)CN1SCC=O. The van der Waals surface area contributed by atoms with Crippen molar-refractivity contribution in [2.45, 2.75) is 44.6 Å². The molecule has 2 unspecified atom stereocenters. The Kier molecular flexibility index (Phi) is 8.20. The maximum absolute atomic E-state index is 12.2. The van der Waals surface area contributed by atoms with Crippen LogP contribution in [0.4, 0.5) is 0 Å². The van der Waals surface area contributed by atoms with Crippen LogP contribution in [0.5, 0.6) is 11.5 Å². The quantitative estimate of drug-likeness (QED) is 0.311. The highest BCUT2D eigenvalue weighted by Crippen LogP contribution is 2.43. The summed E-state index contributed by atoms with van der Waals surface area (Å²) < 4.78 is 18.7. The van der Waals surface area contributed by atoms with Crippen LogP contribution < -0.4 is 9.47 Å². The van der Waals surface area contributed by atoms with Crippen molar-refractivity contribution in [1.82, 2.24) is 4.31 Å². The highest BCUT2D eigenvalue weighted by atomic mass is 32.2. The Bertz CT molecular complexity index is 700. The molecule has 7 nitrogen and oxygen atoms in total. The molecule has 1 N–H and O–H groups in total. The van der Waals surface area contributed by atoms with E-state index >= 15 is 0 Å². The highest BCUT2D eigenvalue weighted by molar-refractivity contribution is 7.97. The molecule has 1 aromatic carbocycles. The lowest BCUT2D eigenvalue weighted by atomic mass is 9.85. The molecular formula is C21H29NO6S. The molecule has 1 fully saturated rings. The van der Waals surface area contributed by atoms with Gasteiger partial charge in [-0.2, -0.15) is 0 Å². The number of hydrogen-bond donors (Lipinski definition) is 1. The number of hydrogen-bond acceptors (Lipinski definition) is 7. The van der Waals surface area contributed by atoms with E-state index in [1.54, 1.807) is 0 Å². The van der Waals surface area contributed by atoms with Crippen molar-refractivity contribution in [2.75, 3.05) is 32.3 Å². The molecule has 1 aromatic rings. The van der Waals surface area contributed by atoms with E-state index in [1.165, 1.54) is 18.4 Å². The number of benzene rings is 1. The number of carbonyl (C=O) groups is 2. The van der Waals surface area contributed by atoms with Crippen LogP contribution in [-0.4, -0.2) is 60.0 Å². The van der Waals surface area contributed by atoms with Gasteiger partial charge in [0.25, 0.3) is 0 Å². The number of carboxylic acids is 1. The zero-order chi connectivity index (χ0) is 20.6. The molecule has 0 spiro atoms. The number of rotatable bonds is 12. The maximum atomic E-state index is 12.2. The van der Waals surface area contributed by atoms with Crippen molar-refractivity contribution in [3.05, 3.63) is 23.8 Å². The smallest absolute Gasteiger partial charge is 0.308 e. The fourth-order valence-corrected chi connectivity index (χ4v) is 4.88. The van der Waals surface area contributed by atoms with Gasteiger partial charge in [-0.15, -0.1) is 0 Å². The molecule has 8 heteroatoms. The van der Waals surface area contributed by atoms with Gasteiger partial charge >= 0.3 is 5.97 Å². The predicted octanol–water partition coefficient (Wildman–Crippen LogP) is 3.33. The summed E-state index contributed by atoms with van der Waals surface area (Å²) >= 11 is 1.38. The van der Waals surface area contributed by atoms with Gasteiger partial charge in [-0.25, -0.2) is 4.31 Å². The molecule has 3 rings (SSSR count). The van der Waals surface area contributed by atoms with Gasteiger partial charge in [-0.05, 0) is 24.1 Å². The van der Waals surface area contributed by atoms with Gasteiger partial charge in [0, 0.05) is 19.1 Å². The normalized spacial score (nSPS) is 23.4. The number of unbranched alkanes of at least 4 members (excludes halogenated alkanes) is 3. The van der Waals surface area contributed by atoms with Gasteiger partial charge in [-0.1, -0.05) is 44.2 Å². The van der Waals surface area contributed by atoms with Gasteiger partial charge in [0.15, 0.2) is 11.5 Å². The Morgan fingerprint density at radius 1 is 1.31 bits per heavy atom. The van der Waals surface area contributed by atoms with Gasteiger partial charge in [0.05, 0.1) is 24.3 Å². The summed E-state index contributed by atoms with van der Waals surface area (Å²) in [5, 5.41) is 10.0. The summed E-state index contributed by atoms with van der Waals surface area (Å²) in [4.78, 5) is 23.1. The summed E-state index contributed by atoms with van der Waals surface area (Å²) in [7, 11) is 0. The van der Waals surface area contributed by atoms with E-state index in [9.17, 15) is 14.7 Å². The zero-order valence-corrected chi connectivity index (χ0v) is 17.6. The maximum Gasteiger partial charge on any atom is 0.308 e. The lowest BCUT2D eigenvalue weighted by Gasteiger charge is -2.25. The minimum Gasteiger partial charge on any atom is -0.481 e. The fourth-order valence-electron chi connectivity index (χ4n) is 3.98. The third-order valence-corrected chi connectivity index (χ3v) is 6.48. The second-order valence-corrected chi connectivity index (χ2v) is 8.41. The van der Waals surface area contributed by atoms with Gasteiger partial charge in [0.2, 0.25) is 6.79 Å². The Morgan fingerprint density at radius 3 is 2.90 bits per heavy atom. The van der Waals surface area contributed by atoms with E-state index in [4.69, 9.17) is 14.2 Å². The van der Waals surface area contributed by atoms with Crippen LogP contribution in [0.1, 0.15) is 44.1 Å². The number of carboxylic acid groups (broad SMARTS) is 1. The lowest BCUT2D eigenvalue weighted by Crippen LogP contribution is -2.37. The number of nitrogens with zero attached hydrogens (tertiary/aromatic N) is 1. The summed E-state index contributed by atoms with van der Waals surface area (Å²) in [6.07, 6.45) is 5.28. The Labute approximate surface area is 175 Å². The van der Waals surface area contributed by atoms with Crippen LogP contribution in [0.2, 0.25) is 0 Å². The first-order valence-electron chi connectivity index (χ1n) is 10.2. The molecule has 3 atom stereocenters. The van der Waals surface area contributed by atoms with E-state index in [0.29, 0.717) is 37.0 Å². The van der Waals surface area contributed by atoms with Crippen LogP contribution in [0.3, 0.4) is 0 Å². The van der Waals surface area contributed by atoms with Gasteiger partial charge in [-0.3, -0.25) is 4.79 Å². The first-order valence-corrected chi connectivity index (χ1v) is 11.1. The minimum atomic E-state index is -0.846. The van der Waals surface area contributed by atoms with E-state index < -0.39 is 11.9 Å². The molecule has 0 radical (unpaired) electrons. The van der Waals surface area contributed by atoms with E-state index in [1.807, 2.05) is 22.5 Å². The van der Waals surface area contributed by atoms with Crippen molar-refractivity contribution in [3.8, 4) is 11.5 Å². The molecule has 2 aliphatic heterocycles. The molecule has 0 amide bonds. The van der Waals surface area contributed by atoms with Crippen LogP contribution >= 0.6 is 11.9 Å². The molecule has 1 saturated heterocycles. The van der Waals surface area contributed by atoms with Crippen molar-refractivity contribution < 1.29 is 28.9 Å². The zero-order valence-electron chi connectivity index (χ0n) is 16.7. The first kappa shape index (κ1) is 21.9. The van der Waals surface area contributed by atoms with Gasteiger partial charge < -0.3 is 24.1 Å². The Balaban J connectivity index is 1.72. The Morgan fingerprint density at radius 2 is 2.14 bits per heavy atom. The molecule has 0 saturated carbocycles. The third-order valence-electron chi connectivity index (χ3n) is 5.44. The van der Waals surface area contributed by atoms with Crippen molar-refractivity contribution in [3.63, 3.8) is 0 Å². The number of aldehydes is 1. The van der Waals surface area contributed by atoms with Crippen molar-refractivity contribution >= 4 is 24.2 Å². The summed E-state index contributed by atoms with van der Waals surface area (Å²) in [6, 6.07) is 5.32. The minimum absolute atomic E-state index is 0.182. The van der Waals surface area contributed by atoms with Crippen LogP contribution in [0, 0.1) is 5.92 Å². The Hall–Kier alpha value is -1.77. The van der Waals surface area contributed by atoms with Gasteiger partial charge in [0.1, 0.15) is 6.29 Å². The second-order valence-electron chi connectivity index (χ2n) is 7.35. The number of ether oxygens (including phenoxy) is 3. The standard InChI is InChI=1S/C21H29NO6S/c1-2-3-4-5-9-26-13-17-20(21(24)25)16(12-22(17)29-10-8-23)15-6-7-18-19(11-15)28-14-27-18/h6-8,11,16-17,20H,2-5,9-10,12-14H2,1H3,(H,24,25)/t16?,17?,20-/m1/s1. The second kappa shape index (κ2) is 10.8. The van der Waals surface area contributed by atoms with Crippen LogP contribution in [0.15, 0.2) is 18.2 Å². The average molecular weight is 424 g/mol. The van der Waals surface area contributed by atoms with E-state index in [0.717, 1.165) is 31.1 Å². The summed E-state index contributed by atoms with van der Waals surface area (Å²) in [6.45, 7) is 3.86. The molecule has 0 bridgehead atoms.